The lowest BCUT2D eigenvalue weighted by molar-refractivity contribution is -0.126. The molecule has 0 aromatic rings. The Balaban J connectivity index is 3.88. The lowest BCUT2D eigenvalue weighted by atomic mass is 10.3. The van der Waals surface area contributed by atoms with Gasteiger partial charge in [0.2, 0.25) is 5.91 Å². The fourth-order valence-electron chi connectivity index (χ4n) is 1.06. The van der Waals surface area contributed by atoms with Crippen molar-refractivity contribution in [1.29, 1.82) is 0 Å². The van der Waals surface area contributed by atoms with Gasteiger partial charge in [-0.25, -0.2) is 0 Å². The maximum absolute atomic E-state index is 11.5. The standard InChI is InChI=1S/C10H20N2O/c1-5-11-7-8-12(6-2)10(13)9(3)4/h11H,3,5-8H2,1-2,4H3. The van der Waals surface area contributed by atoms with Crippen LogP contribution in [0.1, 0.15) is 20.8 Å². The maximum Gasteiger partial charge on any atom is 0.248 e. The van der Waals surface area contributed by atoms with Gasteiger partial charge in [0.05, 0.1) is 0 Å². The van der Waals surface area contributed by atoms with Gasteiger partial charge in [0.15, 0.2) is 0 Å². The molecular weight excluding hydrogens is 164 g/mol. The second-order valence-corrected chi connectivity index (χ2v) is 3.02. The summed E-state index contributed by atoms with van der Waals surface area (Å²) in [4.78, 5) is 13.3. The van der Waals surface area contributed by atoms with Crippen molar-refractivity contribution >= 4 is 5.91 Å². The molecule has 0 aromatic heterocycles. The van der Waals surface area contributed by atoms with Crippen LogP contribution in [-0.4, -0.2) is 37.0 Å². The van der Waals surface area contributed by atoms with Crippen molar-refractivity contribution in [2.75, 3.05) is 26.2 Å². The van der Waals surface area contributed by atoms with Crippen molar-refractivity contribution in [3.63, 3.8) is 0 Å². The minimum absolute atomic E-state index is 0.0559. The van der Waals surface area contributed by atoms with Crippen molar-refractivity contribution in [2.24, 2.45) is 0 Å². The Hall–Kier alpha value is -0.830. The lowest BCUT2D eigenvalue weighted by Crippen LogP contribution is -2.36. The Bertz CT molecular complexity index is 178. The van der Waals surface area contributed by atoms with E-state index in [4.69, 9.17) is 0 Å². The van der Waals surface area contributed by atoms with Crippen LogP contribution in [-0.2, 0) is 4.79 Å². The fraction of sp³-hybridized carbons (Fsp3) is 0.700. The first kappa shape index (κ1) is 12.2. The summed E-state index contributed by atoms with van der Waals surface area (Å²) in [5.41, 5.74) is 0.610. The highest BCUT2D eigenvalue weighted by Gasteiger charge is 2.10. The van der Waals surface area contributed by atoms with Gasteiger partial charge in [0.25, 0.3) is 0 Å². The van der Waals surface area contributed by atoms with Crippen LogP contribution in [0, 0.1) is 0 Å². The highest BCUT2D eigenvalue weighted by Crippen LogP contribution is 1.97. The fourth-order valence-corrected chi connectivity index (χ4v) is 1.06. The number of hydrogen-bond acceptors (Lipinski definition) is 2. The minimum atomic E-state index is 0.0559. The zero-order valence-corrected chi connectivity index (χ0v) is 8.89. The van der Waals surface area contributed by atoms with E-state index in [1.54, 1.807) is 11.8 Å². The Morgan fingerprint density at radius 2 is 2.08 bits per heavy atom. The molecule has 0 aromatic carbocycles. The molecule has 1 N–H and O–H groups in total. The van der Waals surface area contributed by atoms with Gasteiger partial charge in [-0.3, -0.25) is 4.79 Å². The van der Waals surface area contributed by atoms with Crippen LogP contribution in [0.4, 0.5) is 0 Å². The predicted octanol–water partition coefficient (Wildman–Crippen LogP) is 1.02. The SMILES string of the molecule is C=C(C)C(=O)N(CC)CCNCC. The Kier molecular flexibility index (Phi) is 6.24. The third-order valence-corrected chi connectivity index (χ3v) is 1.84. The first-order valence-corrected chi connectivity index (χ1v) is 4.79. The third kappa shape index (κ3) is 4.68. The summed E-state index contributed by atoms with van der Waals surface area (Å²) in [6.07, 6.45) is 0. The molecule has 0 aliphatic heterocycles. The molecule has 1 amide bonds. The van der Waals surface area contributed by atoms with Gasteiger partial charge >= 0.3 is 0 Å². The van der Waals surface area contributed by atoms with Crippen LogP contribution >= 0.6 is 0 Å². The molecule has 0 fully saturated rings. The van der Waals surface area contributed by atoms with Gasteiger partial charge < -0.3 is 10.2 Å². The zero-order valence-electron chi connectivity index (χ0n) is 8.89. The highest BCUT2D eigenvalue weighted by molar-refractivity contribution is 5.92. The molecule has 0 saturated heterocycles. The van der Waals surface area contributed by atoms with Gasteiger partial charge in [0.1, 0.15) is 0 Å². The summed E-state index contributed by atoms with van der Waals surface area (Å²) in [6, 6.07) is 0. The molecule has 3 nitrogen and oxygen atoms in total. The number of rotatable bonds is 6. The predicted molar refractivity (Wildman–Crippen MR) is 55.6 cm³/mol. The molecule has 3 heteroatoms. The highest BCUT2D eigenvalue weighted by atomic mass is 16.2. The molecule has 13 heavy (non-hydrogen) atoms. The zero-order chi connectivity index (χ0) is 10.3. The molecule has 0 radical (unpaired) electrons. The largest absolute Gasteiger partial charge is 0.338 e. The quantitative estimate of drug-likeness (QED) is 0.494. The van der Waals surface area contributed by atoms with Gasteiger partial charge in [-0.1, -0.05) is 13.5 Å². The molecule has 0 rings (SSSR count). The van der Waals surface area contributed by atoms with Crippen LogP contribution < -0.4 is 5.32 Å². The molecule has 0 unspecified atom stereocenters. The van der Waals surface area contributed by atoms with Crippen LogP contribution in [0.5, 0.6) is 0 Å². The van der Waals surface area contributed by atoms with Gasteiger partial charge in [-0.15, -0.1) is 0 Å². The minimum Gasteiger partial charge on any atom is -0.338 e. The molecule has 76 valence electrons. The van der Waals surface area contributed by atoms with E-state index in [2.05, 4.69) is 18.8 Å². The second-order valence-electron chi connectivity index (χ2n) is 3.02. The summed E-state index contributed by atoms with van der Waals surface area (Å²) < 4.78 is 0. The van der Waals surface area contributed by atoms with Crippen LogP contribution in [0.3, 0.4) is 0 Å². The second kappa shape index (κ2) is 6.66. The van der Waals surface area contributed by atoms with Crippen molar-refractivity contribution in [3.8, 4) is 0 Å². The Morgan fingerprint density at radius 1 is 1.46 bits per heavy atom. The van der Waals surface area contributed by atoms with E-state index >= 15 is 0 Å². The van der Waals surface area contributed by atoms with E-state index < -0.39 is 0 Å². The summed E-state index contributed by atoms with van der Waals surface area (Å²) >= 11 is 0. The number of amides is 1. The number of carbonyl (C=O) groups excluding carboxylic acids is 1. The summed E-state index contributed by atoms with van der Waals surface area (Å²) in [6.45, 7) is 12.7. The molecule has 0 saturated carbocycles. The first-order chi connectivity index (χ1) is 6.13. The molecular formula is C10H20N2O. The molecule has 0 heterocycles. The van der Waals surface area contributed by atoms with Crippen LogP contribution in [0.25, 0.3) is 0 Å². The van der Waals surface area contributed by atoms with Crippen LogP contribution in [0.15, 0.2) is 12.2 Å². The number of nitrogens with one attached hydrogen (secondary N) is 1. The average Bonchev–Trinajstić information content (AvgIpc) is 2.11. The van der Waals surface area contributed by atoms with Crippen LogP contribution in [0.2, 0.25) is 0 Å². The third-order valence-electron chi connectivity index (χ3n) is 1.84. The van der Waals surface area contributed by atoms with Gasteiger partial charge in [0, 0.05) is 25.2 Å². The van der Waals surface area contributed by atoms with E-state index in [-0.39, 0.29) is 5.91 Å². The number of carbonyl (C=O) groups is 1. The molecule has 0 bridgehead atoms. The Morgan fingerprint density at radius 3 is 2.46 bits per heavy atom. The van der Waals surface area contributed by atoms with Gasteiger partial charge in [-0.2, -0.15) is 0 Å². The summed E-state index contributed by atoms with van der Waals surface area (Å²) in [5, 5.41) is 3.18. The monoisotopic (exact) mass is 184 g/mol. The number of nitrogens with zero attached hydrogens (tertiary/aromatic N) is 1. The van der Waals surface area contributed by atoms with Crippen molar-refractivity contribution < 1.29 is 4.79 Å². The van der Waals surface area contributed by atoms with Crippen molar-refractivity contribution in [2.45, 2.75) is 20.8 Å². The van der Waals surface area contributed by atoms with E-state index in [1.807, 2.05) is 6.92 Å². The Labute approximate surface area is 80.8 Å². The van der Waals surface area contributed by atoms with E-state index in [1.165, 1.54) is 0 Å². The summed E-state index contributed by atoms with van der Waals surface area (Å²) in [5.74, 6) is 0.0559. The summed E-state index contributed by atoms with van der Waals surface area (Å²) in [7, 11) is 0. The smallest absolute Gasteiger partial charge is 0.248 e. The first-order valence-electron chi connectivity index (χ1n) is 4.79. The molecule has 0 spiro atoms. The maximum atomic E-state index is 11.5. The number of likely N-dealkylation sites (N-methyl/N-ethyl adjacent to an activating group) is 2. The molecule has 0 aliphatic rings. The topological polar surface area (TPSA) is 32.3 Å². The number of hydrogen-bond donors (Lipinski definition) is 1. The van der Waals surface area contributed by atoms with E-state index in [0.717, 1.165) is 26.2 Å². The lowest BCUT2D eigenvalue weighted by Gasteiger charge is -2.20. The molecule has 0 atom stereocenters. The molecule has 0 aliphatic carbocycles. The van der Waals surface area contributed by atoms with E-state index in [0.29, 0.717) is 5.57 Å². The van der Waals surface area contributed by atoms with E-state index in [9.17, 15) is 4.79 Å². The van der Waals surface area contributed by atoms with Crippen molar-refractivity contribution in [3.05, 3.63) is 12.2 Å². The van der Waals surface area contributed by atoms with Gasteiger partial charge in [-0.05, 0) is 20.4 Å². The van der Waals surface area contributed by atoms with Crippen molar-refractivity contribution in [1.82, 2.24) is 10.2 Å². The normalized spacial score (nSPS) is 9.77. The average molecular weight is 184 g/mol.